The maximum atomic E-state index is 13.5. The van der Waals surface area contributed by atoms with Gasteiger partial charge in [0, 0.05) is 0 Å². The minimum Gasteiger partial charge on any atom is -0.490 e. The molecule has 88 valence electrons. The van der Waals surface area contributed by atoms with E-state index in [2.05, 4.69) is 0 Å². The molecule has 6 heteroatoms. The van der Waals surface area contributed by atoms with Crippen LogP contribution in [0, 0.1) is 11.7 Å². The second kappa shape index (κ2) is 5.52. The van der Waals surface area contributed by atoms with Gasteiger partial charge in [0.15, 0.2) is 11.6 Å². The highest BCUT2D eigenvalue weighted by molar-refractivity contribution is 6.59. The van der Waals surface area contributed by atoms with Gasteiger partial charge in [-0.25, -0.2) is 4.39 Å². The Hall–Kier alpha value is -0.775. The molecule has 1 rings (SSSR count). The van der Waals surface area contributed by atoms with Gasteiger partial charge < -0.3 is 14.8 Å². The largest absolute Gasteiger partial charge is 0.490 e. The Bertz CT molecular complexity index is 371. The molecule has 0 aliphatic heterocycles. The highest BCUT2D eigenvalue weighted by Crippen LogP contribution is 2.23. The lowest BCUT2D eigenvalue weighted by atomic mass is 9.80. The third-order valence-electron chi connectivity index (χ3n) is 1.89. The summed E-state index contributed by atoms with van der Waals surface area (Å²) >= 11 is 5.60. The fraction of sp³-hybridized carbons (Fsp3) is 0.400. The minimum absolute atomic E-state index is 0.0655. The van der Waals surface area contributed by atoms with Crippen LogP contribution < -0.4 is 10.2 Å². The Morgan fingerprint density at radius 3 is 2.56 bits per heavy atom. The first-order valence-corrected chi connectivity index (χ1v) is 5.27. The Balaban J connectivity index is 2.97. The standard InChI is InChI=1S/C10H13BClFO3/c1-6(2)5-16-9-4-7(11(14)15)3-8(12)10(9)13/h3-4,6,14-15H,5H2,1-2H3. The Labute approximate surface area is 99.0 Å². The van der Waals surface area contributed by atoms with E-state index in [1.165, 1.54) is 6.07 Å². The van der Waals surface area contributed by atoms with Gasteiger partial charge in [0.25, 0.3) is 0 Å². The van der Waals surface area contributed by atoms with E-state index >= 15 is 0 Å². The molecule has 0 unspecified atom stereocenters. The lowest BCUT2D eigenvalue weighted by Gasteiger charge is -2.11. The fourth-order valence-corrected chi connectivity index (χ4v) is 1.31. The van der Waals surface area contributed by atoms with Crippen LogP contribution in [0.5, 0.6) is 5.75 Å². The summed E-state index contributed by atoms with van der Waals surface area (Å²) in [5.74, 6) is -0.517. The monoisotopic (exact) mass is 246 g/mol. The van der Waals surface area contributed by atoms with E-state index in [1.54, 1.807) is 0 Å². The van der Waals surface area contributed by atoms with E-state index in [4.69, 9.17) is 26.4 Å². The molecule has 0 heterocycles. The van der Waals surface area contributed by atoms with Crippen LogP contribution in [0.1, 0.15) is 13.8 Å². The van der Waals surface area contributed by atoms with Crippen molar-refractivity contribution in [3.63, 3.8) is 0 Å². The Morgan fingerprint density at radius 1 is 1.44 bits per heavy atom. The molecule has 1 aromatic carbocycles. The molecule has 0 aromatic heterocycles. The van der Waals surface area contributed by atoms with Crippen molar-refractivity contribution in [1.29, 1.82) is 0 Å². The number of ether oxygens (including phenoxy) is 1. The van der Waals surface area contributed by atoms with Crippen LogP contribution in [0.3, 0.4) is 0 Å². The van der Waals surface area contributed by atoms with Crippen LogP contribution in [-0.2, 0) is 0 Å². The van der Waals surface area contributed by atoms with Gasteiger partial charge in [-0.15, -0.1) is 0 Å². The molecule has 0 amide bonds. The Morgan fingerprint density at radius 2 is 2.06 bits per heavy atom. The van der Waals surface area contributed by atoms with Crippen molar-refractivity contribution in [2.24, 2.45) is 5.92 Å². The van der Waals surface area contributed by atoms with Crippen LogP contribution in [0.15, 0.2) is 12.1 Å². The van der Waals surface area contributed by atoms with Crippen molar-refractivity contribution < 1.29 is 19.2 Å². The molecule has 0 saturated carbocycles. The first-order chi connectivity index (χ1) is 7.41. The predicted octanol–water partition coefficient (Wildman–Crippen LogP) is 1.19. The van der Waals surface area contributed by atoms with Gasteiger partial charge in [0.1, 0.15) is 0 Å². The summed E-state index contributed by atoms with van der Waals surface area (Å²) in [6.45, 7) is 4.17. The number of rotatable bonds is 4. The van der Waals surface area contributed by atoms with Crippen LogP contribution in [0.4, 0.5) is 4.39 Å². The molecule has 0 fully saturated rings. The molecule has 0 radical (unpaired) electrons. The van der Waals surface area contributed by atoms with E-state index in [0.29, 0.717) is 6.61 Å². The van der Waals surface area contributed by atoms with Gasteiger partial charge in [0.2, 0.25) is 0 Å². The summed E-state index contributed by atoms with van der Waals surface area (Å²) in [5.41, 5.74) is 0.102. The maximum Gasteiger partial charge on any atom is 0.488 e. The molecule has 16 heavy (non-hydrogen) atoms. The molecule has 0 aliphatic carbocycles. The average molecular weight is 246 g/mol. The number of hydrogen-bond donors (Lipinski definition) is 2. The van der Waals surface area contributed by atoms with Gasteiger partial charge in [0.05, 0.1) is 11.6 Å². The number of benzene rings is 1. The van der Waals surface area contributed by atoms with E-state index in [1.807, 2.05) is 13.8 Å². The second-order valence-corrected chi connectivity index (χ2v) is 4.30. The highest BCUT2D eigenvalue weighted by Gasteiger charge is 2.17. The molecule has 0 aliphatic rings. The summed E-state index contributed by atoms with van der Waals surface area (Å²) in [5, 5.41) is 17.7. The van der Waals surface area contributed by atoms with Crippen molar-refractivity contribution in [2.45, 2.75) is 13.8 Å². The summed E-state index contributed by atoms with van der Waals surface area (Å²) in [6.07, 6.45) is 0. The Kier molecular flexibility index (Phi) is 4.59. The minimum atomic E-state index is -1.69. The van der Waals surface area contributed by atoms with Crippen molar-refractivity contribution in [3.05, 3.63) is 23.0 Å². The zero-order chi connectivity index (χ0) is 12.3. The quantitative estimate of drug-likeness (QED) is 0.785. The van der Waals surface area contributed by atoms with E-state index in [-0.39, 0.29) is 22.2 Å². The second-order valence-electron chi connectivity index (χ2n) is 3.89. The van der Waals surface area contributed by atoms with Crippen molar-refractivity contribution in [3.8, 4) is 5.75 Å². The summed E-state index contributed by atoms with van der Waals surface area (Å²) < 4.78 is 18.7. The van der Waals surface area contributed by atoms with E-state index in [9.17, 15) is 4.39 Å². The molecule has 0 atom stereocenters. The third-order valence-corrected chi connectivity index (χ3v) is 2.16. The summed E-state index contributed by atoms with van der Waals surface area (Å²) in [4.78, 5) is 0. The van der Waals surface area contributed by atoms with Crippen molar-refractivity contribution in [1.82, 2.24) is 0 Å². The van der Waals surface area contributed by atoms with Crippen molar-refractivity contribution >= 4 is 24.2 Å². The number of hydrogen-bond acceptors (Lipinski definition) is 3. The molecular formula is C10H13BClFO3. The summed E-state index contributed by atoms with van der Waals surface area (Å²) in [7, 11) is -1.69. The molecule has 0 bridgehead atoms. The SMILES string of the molecule is CC(C)COc1cc(B(O)O)cc(Cl)c1F. The summed E-state index contributed by atoms with van der Waals surface area (Å²) in [6, 6.07) is 2.39. The van der Waals surface area contributed by atoms with Crippen LogP contribution in [0.2, 0.25) is 5.02 Å². The lowest BCUT2D eigenvalue weighted by molar-refractivity contribution is 0.259. The zero-order valence-corrected chi connectivity index (χ0v) is 9.83. The molecule has 3 nitrogen and oxygen atoms in total. The van der Waals surface area contributed by atoms with Gasteiger partial charge >= 0.3 is 7.12 Å². The molecule has 1 aromatic rings. The zero-order valence-electron chi connectivity index (χ0n) is 9.08. The van der Waals surface area contributed by atoms with Crippen LogP contribution >= 0.6 is 11.6 Å². The lowest BCUT2D eigenvalue weighted by Crippen LogP contribution is -2.30. The maximum absolute atomic E-state index is 13.5. The first kappa shape index (κ1) is 13.3. The van der Waals surface area contributed by atoms with E-state index in [0.717, 1.165) is 6.07 Å². The van der Waals surface area contributed by atoms with Gasteiger partial charge in [-0.05, 0) is 23.5 Å². The van der Waals surface area contributed by atoms with Crippen LogP contribution in [-0.4, -0.2) is 23.8 Å². The first-order valence-electron chi connectivity index (χ1n) is 4.89. The topological polar surface area (TPSA) is 49.7 Å². The molecule has 2 N–H and O–H groups in total. The fourth-order valence-electron chi connectivity index (χ4n) is 1.09. The van der Waals surface area contributed by atoms with Gasteiger partial charge in [-0.3, -0.25) is 0 Å². The molecule has 0 saturated heterocycles. The smallest absolute Gasteiger partial charge is 0.488 e. The average Bonchev–Trinajstić information content (AvgIpc) is 2.19. The van der Waals surface area contributed by atoms with Crippen LogP contribution in [0.25, 0.3) is 0 Å². The number of halogens is 2. The van der Waals surface area contributed by atoms with E-state index < -0.39 is 12.9 Å². The molecular weight excluding hydrogens is 233 g/mol. The molecule has 0 spiro atoms. The third kappa shape index (κ3) is 3.37. The highest BCUT2D eigenvalue weighted by atomic mass is 35.5. The van der Waals surface area contributed by atoms with Crippen molar-refractivity contribution in [2.75, 3.05) is 6.61 Å². The van der Waals surface area contributed by atoms with Gasteiger partial charge in [-0.2, -0.15) is 0 Å². The normalized spacial score (nSPS) is 10.7. The van der Waals surface area contributed by atoms with Gasteiger partial charge in [-0.1, -0.05) is 25.4 Å². The predicted molar refractivity (Wildman–Crippen MR) is 61.6 cm³/mol.